The number of carbonyl (C=O) groups is 1. The van der Waals surface area contributed by atoms with Crippen molar-refractivity contribution in [1.82, 2.24) is 0 Å². The van der Waals surface area contributed by atoms with Crippen molar-refractivity contribution in [2.45, 2.75) is 0 Å². The average Bonchev–Trinajstić information content (AvgIpc) is 2.46. The lowest BCUT2D eigenvalue weighted by Crippen LogP contribution is -1.93. The molecule has 0 aromatic heterocycles. The van der Waals surface area contributed by atoms with E-state index < -0.39 is 4.92 Å². The van der Waals surface area contributed by atoms with E-state index in [4.69, 9.17) is 0 Å². The third kappa shape index (κ3) is 3.35. The molecule has 0 fully saturated rings. The summed E-state index contributed by atoms with van der Waals surface area (Å²) in [5.41, 5.74) is 1.22. The van der Waals surface area contributed by atoms with E-state index in [2.05, 4.69) is 0 Å². The summed E-state index contributed by atoms with van der Waals surface area (Å²) in [4.78, 5) is 22.0. The highest BCUT2D eigenvalue weighted by atomic mass is 16.6. The maximum absolute atomic E-state index is 11.8. The van der Waals surface area contributed by atoms with Crippen molar-refractivity contribution in [1.29, 1.82) is 0 Å². The van der Waals surface area contributed by atoms with Gasteiger partial charge in [-0.15, -0.1) is 0 Å². The average molecular weight is 253 g/mol. The van der Waals surface area contributed by atoms with Gasteiger partial charge in [-0.1, -0.05) is 48.5 Å². The molecule has 0 saturated carbocycles. The number of hydrogen-bond donors (Lipinski definition) is 0. The second-order valence-electron chi connectivity index (χ2n) is 3.92. The molecule has 0 aliphatic heterocycles. The van der Waals surface area contributed by atoms with Crippen LogP contribution in [0.2, 0.25) is 0 Å². The van der Waals surface area contributed by atoms with Crippen LogP contribution in [0.1, 0.15) is 15.9 Å². The van der Waals surface area contributed by atoms with Crippen LogP contribution in [0.15, 0.2) is 60.7 Å². The lowest BCUT2D eigenvalue weighted by Gasteiger charge is -1.95. The van der Waals surface area contributed by atoms with E-state index in [9.17, 15) is 14.9 Å². The molecule has 0 unspecified atom stereocenters. The number of ketones is 1. The Morgan fingerprint density at radius 2 is 1.79 bits per heavy atom. The molecule has 0 spiro atoms. The minimum atomic E-state index is -0.462. The van der Waals surface area contributed by atoms with Crippen LogP contribution in [0, 0.1) is 10.1 Å². The summed E-state index contributed by atoms with van der Waals surface area (Å²) in [6, 6.07) is 15.0. The number of nitro groups is 1. The van der Waals surface area contributed by atoms with Gasteiger partial charge < -0.3 is 0 Å². The van der Waals surface area contributed by atoms with Gasteiger partial charge in [0.2, 0.25) is 0 Å². The number of rotatable bonds is 4. The van der Waals surface area contributed by atoms with E-state index in [1.165, 1.54) is 18.2 Å². The zero-order chi connectivity index (χ0) is 13.7. The zero-order valence-corrected chi connectivity index (χ0v) is 10.0. The Labute approximate surface area is 110 Å². The second kappa shape index (κ2) is 5.73. The van der Waals surface area contributed by atoms with Gasteiger partial charge in [-0.3, -0.25) is 14.9 Å². The van der Waals surface area contributed by atoms with Crippen molar-refractivity contribution in [3.05, 3.63) is 81.9 Å². The quantitative estimate of drug-likeness (QED) is 0.362. The fraction of sp³-hybridized carbons (Fsp3) is 0. The summed E-state index contributed by atoms with van der Waals surface area (Å²) in [7, 11) is 0. The Balaban J connectivity index is 2.17. The fourth-order valence-corrected chi connectivity index (χ4v) is 1.61. The van der Waals surface area contributed by atoms with Crippen LogP contribution in [0.3, 0.4) is 0 Å². The predicted molar refractivity (Wildman–Crippen MR) is 72.9 cm³/mol. The zero-order valence-electron chi connectivity index (χ0n) is 10.0. The molecule has 0 radical (unpaired) electrons. The molecular formula is C15H11NO3. The standard InChI is InChI=1S/C15H11NO3/c17-15(13-6-2-1-3-7-13)10-9-12-5-4-8-14(11-12)16(18)19/h1-11H/b10-9+. The predicted octanol–water partition coefficient (Wildman–Crippen LogP) is 3.49. The first-order valence-corrected chi connectivity index (χ1v) is 5.69. The summed E-state index contributed by atoms with van der Waals surface area (Å²) in [6.07, 6.45) is 2.98. The molecule has 0 atom stereocenters. The number of benzene rings is 2. The van der Waals surface area contributed by atoms with Crippen LogP contribution in [0.4, 0.5) is 5.69 Å². The first-order valence-electron chi connectivity index (χ1n) is 5.69. The summed E-state index contributed by atoms with van der Waals surface area (Å²) < 4.78 is 0. The fourth-order valence-electron chi connectivity index (χ4n) is 1.61. The van der Waals surface area contributed by atoms with Crippen LogP contribution < -0.4 is 0 Å². The van der Waals surface area contributed by atoms with Crippen molar-refractivity contribution in [3.8, 4) is 0 Å². The molecule has 0 aliphatic rings. The molecule has 0 bridgehead atoms. The van der Waals surface area contributed by atoms with Crippen LogP contribution >= 0.6 is 0 Å². The smallest absolute Gasteiger partial charge is 0.270 e. The first-order chi connectivity index (χ1) is 9.16. The van der Waals surface area contributed by atoms with Crippen molar-refractivity contribution >= 4 is 17.5 Å². The molecule has 2 rings (SSSR count). The molecule has 2 aromatic rings. The molecule has 0 N–H and O–H groups in total. The highest BCUT2D eigenvalue weighted by Gasteiger charge is 2.04. The lowest BCUT2D eigenvalue weighted by molar-refractivity contribution is -0.384. The maximum Gasteiger partial charge on any atom is 0.270 e. The third-order valence-electron chi connectivity index (χ3n) is 2.57. The van der Waals surface area contributed by atoms with Crippen molar-refractivity contribution in [2.24, 2.45) is 0 Å². The van der Waals surface area contributed by atoms with Crippen molar-refractivity contribution in [2.75, 3.05) is 0 Å². The molecule has 0 saturated heterocycles. The summed E-state index contributed by atoms with van der Waals surface area (Å²) in [5, 5.41) is 10.6. The number of carbonyl (C=O) groups excluding carboxylic acids is 1. The van der Waals surface area contributed by atoms with Gasteiger partial charge in [-0.25, -0.2) is 0 Å². The molecule has 4 nitrogen and oxygen atoms in total. The van der Waals surface area contributed by atoms with E-state index >= 15 is 0 Å². The number of nitro benzene ring substituents is 1. The van der Waals surface area contributed by atoms with Crippen LogP contribution in [0.5, 0.6) is 0 Å². The summed E-state index contributed by atoms with van der Waals surface area (Å²) in [6.45, 7) is 0. The molecule has 0 heterocycles. The van der Waals surface area contributed by atoms with Crippen molar-refractivity contribution < 1.29 is 9.72 Å². The van der Waals surface area contributed by atoms with E-state index in [-0.39, 0.29) is 11.5 Å². The van der Waals surface area contributed by atoms with E-state index in [1.54, 1.807) is 42.5 Å². The minimum absolute atomic E-state index is 0.00862. The van der Waals surface area contributed by atoms with E-state index in [0.717, 1.165) is 0 Å². The van der Waals surface area contributed by atoms with Crippen LogP contribution in [0.25, 0.3) is 6.08 Å². The van der Waals surface area contributed by atoms with Gasteiger partial charge in [0.05, 0.1) is 4.92 Å². The third-order valence-corrected chi connectivity index (χ3v) is 2.57. The summed E-state index contributed by atoms with van der Waals surface area (Å²) >= 11 is 0. The van der Waals surface area contributed by atoms with Gasteiger partial charge in [0, 0.05) is 17.7 Å². The van der Waals surface area contributed by atoms with Gasteiger partial charge in [0.1, 0.15) is 0 Å². The Hall–Kier alpha value is -2.75. The van der Waals surface area contributed by atoms with E-state index in [0.29, 0.717) is 11.1 Å². The van der Waals surface area contributed by atoms with Gasteiger partial charge in [0.15, 0.2) is 5.78 Å². The first kappa shape index (κ1) is 12.7. The SMILES string of the molecule is O=C(/C=C/c1cccc([N+](=O)[O-])c1)c1ccccc1. The van der Waals surface area contributed by atoms with Crippen LogP contribution in [-0.4, -0.2) is 10.7 Å². The Bertz CT molecular complexity index is 633. The largest absolute Gasteiger partial charge is 0.289 e. The van der Waals surface area contributed by atoms with Gasteiger partial charge in [-0.05, 0) is 11.6 Å². The molecule has 0 amide bonds. The molecule has 19 heavy (non-hydrogen) atoms. The molecule has 2 aromatic carbocycles. The summed E-state index contributed by atoms with van der Waals surface area (Å²) in [5.74, 6) is -0.132. The maximum atomic E-state index is 11.8. The topological polar surface area (TPSA) is 60.2 Å². The van der Waals surface area contributed by atoms with Crippen molar-refractivity contribution in [3.63, 3.8) is 0 Å². The van der Waals surface area contributed by atoms with Gasteiger partial charge in [-0.2, -0.15) is 0 Å². The van der Waals surface area contributed by atoms with E-state index in [1.807, 2.05) is 6.07 Å². The van der Waals surface area contributed by atoms with Gasteiger partial charge >= 0.3 is 0 Å². The molecular weight excluding hydrogens is 242 g/mol. The Morgan fingerprint density at radius 3 is 2.47 bits per heavy atom. The highest BCUT2D eigenvalue weighted by molar-refractivity contribution is 6.06. The van der Waals surface area contributed by atoms with Crippen LogP contribution in [-0.2, 0) is 0 Å². The molecule has 0 aliphatic carbocycles. The lowest BCUT2D eigenvalue weighted by atomic mass is 10.1. The second-order valence-corrected chi connectivity index (χ2v) is 3.92. The number of nitrogens with zero attached hydrogens (tertiary/aromatic N) is 1. The minimum Gasteiger partial charge on any atom is -0.289 e. The van der Waals surface area contributed by atoms with Gasteiger partial charge in [0.25, 0.3) is 5.69 Å². The highest BCUT2D eigenvalue weighted by Crippen LogP contribution is 2.14. The molecule has 4 heteroatoms. The Kier molecular flexibility index (Phi) is 3.83. The monoisotopic (exact) mass is 253 g/mol. The number of non-ortho nitro benzene ring substituents is 1. The normalized spacial score (nSPS) is 10.5. The number of allylic oxidation sites excluding steroid dienone is 1. The Morgan fingerprint density at radius 1 is 1.05 bits per heavy atom. The molecule has 94 valence electrons. The number of hydrogen-bond acceptors (Lipinski definition) is 3.